The number of carbonyl (C=O) groups excluding carboxylic acids is 1. The highest BCUT2D eigenvalue weighted by molar-refractivity contribution is 7.94. The lowest BCUT2D eigenvalue weighted by Crippen LogP contribution is -2.29. The summed E-state index contributed by atoms with van der Waals surface area (Å²) >= 11 is -0.0699. The van der Waals surface area contributed by atoms with Crippen molar-refractivity contribution in [3.8, 4) is 0 Å². The van der Waals surface area contributed by atoms with Crippen LogP contribution in [0, 0.1) is 0 Å². The summed E-state index contributed by atoms with van der Waals surface area (Å²) in [6.07, 6.45) is 0. The van der Waals surface area contributed by atoms with Gasteiger partial charge in [0, 0.05) is 11.3 Å². The Morgan fingerprint density at radius 1 is 1.50 bits per heavy atom. The molecule has 0 spiro atoms. The number of amides is 1. The van der Waals surface area contributed by atoms with Crippen molar-refractivity contribution in [2.45, 2.75) is 4.90 Å². The van der Waals surface area contributed by atoms with E-state index < -0.39 is 18.4 Å². The minimum absolute atomic E-state index is 0.0699. The molecular formula is C9H9FN2O3S. The summed E-state index contributed by atoms with van der Waals surface area (Å²) in [6.45, 7) is -0.485. The second-order valence-corrected chi connectivity index (χ2v) is 3.50. The first-order chi connectivity index (χ1) is 7.54. The molecule has 7 heteroatoms. The van der Waals surface area contributed by atoms with E-state index in [1.165, 1.54) is 18.2 Å². The van der Waals surface area contributed by atoms with Gasteiger partial charge in [0.25, 0.3) is 5.91 Å². The van der Waals surface area contributed by atoms with Gasteiger partial charge >= 0.3 is 5.97 Å². The summed E-state index contributed by atoms with van der Waals surface area (Å²) in [5, 5.41) is 10.5. The molecule has 1 amide bonds. The third kappa shape index (κ3) is 3.13. The van der Waals surface area contributed by atoms with Crippen molar-refractivity contribution in [3.63, 3.8) is 0 Å². The molecule has 0 aliphatic heterocycles. The number of carboxylic acids is 1. The Morgan fingerprint density at radius 2 is 2.19 bits per heavy atom. The fourth-order valence-electron chi connectivity index (χ4n) is 1.00. The summed E-state index contributed by atoms with van der Waals surface area (Å²) in [7, 11) is 0. The van der Waals surface area contributed by atoms with Crippen molar-refractivity contribution in [2.75, 3.05) is 12.3 Å². The van der Waals surface area contributed by atoms with Gasteiger partial charge < -0.3 is 16.2 Å². The SMILES string of the molecule is Nc1ccc(C(=O)NCC(=O)O)cc1SF. The molecule has 0 fully saturated rings. The Morgan fingerprint density at radius 3 is 2.75 bits per heavy atom. The lowest BCUT2D eigenvalue weighted by Gasteiger charge is -2.05. The Kier molecular flexibility index (Phi) is 4.12. The Labute approximate surface area is 95.1 Å². The number of hydrogen-bond acceptors (Lipinski definition) is 4. The van der Waals surface area contributed by atoms with E-state index in [0.29, 0.717) is 0 Å². The van der Waals surface area contributed by atoms with Crippen LogP contribution in [0.25, 0.3) is 0 Å². The van der Waals surface area contributed by atoms with Gasteiger partial charge in [-0.05, 0) is 18.2 Å². The molecule has 5 nitrogen and oxygen atoms in total. The molecule has 0 aromatic heterocycles. The zero-order valence-electron chi connectivity index (χ0n) is 8.07. The lowest BCUT2D eigenvalue weighted by molar-refractivity contribution is -0.135. The quantitative estimate of drug-likeness (QED) is 0.689. The van der Waals surface area contributed by atoms with Gasteiger partial charge in [0.15, 0.2) is 0 Å². The summed E-state index contributed by atoms with van der Waals surface area (Å²) in [6, 6.07) is 4.04. The van der Waals surface area contributed by atoms with E-state index in [4.69, 9.17) is 10.8 Å². The number of carboxylic acid groups (broad SMARTS) is 1. The van der Waals surface area contributed by atoms with Crippen LogP contribution in [0.1, 0.15) is 10.4 Å². The second kappa shape index (κ2) is 5.36. The van der Waals surface area contributed by atoms with Crippen LogP contribution >= 0.6 is 12.1 Å². The first-order valence-corrected chi connectivity index (χ1v) is 4.94. The van der Waals surface area contributed by atoms with E-state index in [1.54, 1.807) is 0 Å². The Hall–Kier alpha value is -1.76. The summed E-state index contributed by atoms with van der Waals surface area (Å²) in [5.41, 5.74) is 5.82. The van der Waals surface area contributed by atoms with Gasteiger partial charge in [-0.25, -0.2) is 0 Å². The number of nitrogens with two attached hydrogens (primary N) is 1. The first kappa shape index (κ1) is 12.3. The molecule has 86 valence electrons. The topological polar surface area (TPSA) is 92.4 Å². The van der Waals surface area contributed by atoms with Crippen LogP contribution in [0.5, 0.6) is 0 Å². The van der Waals surface area contributed by atoms with E-state index in [0.717, 1.165) is 0 Å². The van der Waals surface area contributed by atoms with Crippen molar-refractivity contribution in [1.82, 2.24) is 5.32 Å². The number of anilines is 1. The third-order valence-electron chi connectivity index (χ3n) is 1.76. The number of nitrogens with one attached hydrogen (secondary N) is 1. The van der Waals surface area contributed by atoms with Crippen LogP contribution in [0.2, 0.25) is 0 Å². The van der Waals surface area contributed by atoms with Crippen molar-refractivity contribution in [3.05, 3.63) is 23.8 Å². The molecule has 0 heterocycles. The molecule has 1 aromatic rings. The number of halogens is 1. The largest absolute Gasteiger partial charge is 0.480 e. The van der Waals surface area contributed by atoms with E-state index in [2.05, 4.69) is 5.32 Å². The van der Waals surface area contributed by atoms with Gasteiger partial charge in [0.1, 0.15) is 6.54 Å². The molecule has 0 aliphatic carbocycles. The number of benzene rings is 1. The number of rotatable bonds is 4. The molecule has 0 atom stereocenters. The van der Waals surface area contributed by atoms with E-state index in [9.17, 15) is 13.5 Å². The zero-order valence-corrected chi connectivity index (χ0v) is 8.88. The van der Waals surface area contributed by atoms with Crippen molar-refractivity contribution >= 4 is 29.7 Å². The molecule has 0 unspecified atom stereocenters. The van der Waals surface area contributed by atoms with Crippen LogP contribution in [0.15, 0.2) is 23.1 Å². The van der Waals surface area contributed by atoms with Crippen molar-refractivity contribution in [1.29, 1.82) is 0 Å². The molecule has 0 bridgehead atoms. The molecular weight excluding hydrogens is 235 g/mol. The zero-order chi connectivity index (χ0) is 12.1. The van der Waals surface area contributed by atoms with Gasteiger partial charge in [-0.3, -0.25) is 9.59 Å². The van der Waals surface area contributed by atoms with Gasteiger partial charge in [-0.15, -0.1) is 0 Å². The van der Waals surface area contributed by atoms with Gasteiger partial charge in [-0.1, -0.05) is 0 Å². The molecule has 0 saturated carbocycles. The predicted molar refractivity (Wildman–Crippen MR) is 57.8 cm³/mol. The summed E-state index contributed by atoms with van der Waals surface area (Å²) < 4.78 is 12.4. The maximum atomic E-state index is 12.4. The number of nitrogen functional groups attached to an aromatic ring is 1. The highest BCUT2D eigenvalue weighted by atomic mass is 32.2. The number of aliphatic carboxylic acids is 1. The van der Waals surface area contributed by atoms with E-state index in [1.807, 2.05) is 0 Å². The minimum atomic E-state index is -1.15. The molecule has 1 rings (SSSR count). The highest BCUT2D eigenvalue weighted by Crippen LogP contribution is 2.26. The fraction of sp³-hybridized carbons (Fsp3) is 0.111. The van der Waals surface area contributed by atoms with Crippen LogP contribution in [0.4, 0.5) is 9.57 Å². The van der Waals surface area contributed by atoms with Crippen LogP contribution in [-0.2, 0) is 4.79 Å². The first-order valence-electron chi connectivity index (χ1n) is 4.22. The van der Waals surface area contributed by atoms with E-state index >= 15 is 0 Å². The van der Waals surface area contributed by atoms with E-state index in [-0.39, 0.29) is 28.3 Å². The van der Waals surface area contributed by atoms with Crippen LogP contribution in [-0.4, -0.2) is 23.5 Å². The van der Waals surface area contributed by atoms with Gasteiger partial charge in [-0.2, -0.15) is 3.89 Å². The van der Waals surface area contributed by atoms with Crippen molar-refractivity contribution < 1.29 is 18.6 Å². The lowest BCUT2D eigenvalue weighted by atomic mass is 10.2. The van der Waals surface area contributed by atoms with Crippen LogP contribution in [0.3, 0.4) is 0 Å². The fourth-order valence-corrected chi connectivity index (χ4v) is 1.33. The van der Waals surface area contributed by atoms with Gasteiger partial charge in [0.2, 0.25) is 0 Å². The monoisotopic (exact) mass is 244 g/mol. The Balaban J connectivity index is 2.80. The summed E-state index contributed by atoms with van der Waals surface area (Å²) in [4.78, 5) is 21.7. The van der Waals surface area contributed by atoms with Crippen molar-refractivity contribution in [2.24, 2.45) is 0 Å². The number of carbonyl (C=O) groups is 2. The highest BCUT2D eigenvalue weighted by Gasteiger charge is 2.09. The normalized spacial score (nSPS) is 9.81. The van der Waals surface area contributed by atoms with Crippen LogP contribution < -0.4 is 11.1 Å². The predicted octanol–water partition coefficient (Wildman–Crippen LogP) is 1.06. The minimum Gasteiger partial charge on any atom is -0.480 e. The molecule has 0 aliphatic rings. The smallest absolute Gasteiger partial charge is 0.322 e. The molecule has 4 N–H and O–H groups in total. The average Bonchev–Trinajstić information content (AvgIpc) is 2.26. The number of hydrogen-bond donors (Lipinski definition) is 3. The maximum absolute atomic E-state index is 12.4. The Bertz CT molecular complexity index is 425. The molecule has 1 aromatic carbocycles. The second-order valence-electron chi connectivity index (χ2n) is 2.91. The van der Waals surface area contributed by atoms with Gasteiger partial charge in [0.05, 0.1) is 17.0 Å². The average molecular weight is 244 g/mol. The third-order valence-corrected chi connectivity index (χ3v) is 2.28. The molecule has 0 radical (unpaired) electrons. The summed E-state index contributed by atoms with van der Waals surface area (Å²) in [5.74, 6) is -1.73. The molecule has 0 saturated heterocycles. The standard InChI is InChI=1S/C9H9FN2O3S/c10-16-7-3-5(1-2-6(7)11)9(15)12-4-8(13)14/h1-3H,4,11H2,(H,12,15)(H,13,14). The molecule has 16 heavy (non-hydrogen) atoms. The maximum Gasteiger partial charge on any atom is 0.322 e.